The summed E-state index contributed by atoms with van der Waals surface area (Å²) in [7, 11) is -1.59. The molecule has 0 aromatic heterocycles. The first-order valence-electron chi connectivity index (χ1n) is 3.65. The van der Waals surface area contributed by atoms with Crippen LogP contribution < -0.4 is 0 Å². The van der Waals surface area contributed by atoms with Gasteiger partial charge >= 0.3 is 9.28 Å². The highest BCUT2D eigenvalue weighted by Crippen LogP contribution is 2.08. The molecule has 0 aromatic rings. The highest BCUT2D eigenvalue weighted by atomic mass is 35.5. The lowest BCUT2D eigenvalue weighted by Crippen LogP contribution is -2.26. The number of alkyl halides is 2. The summed E-state index contributed by atoms with van der Waals surface area (Å²) in [5, 5.41) is 0. The molecule has 11 heavy (non-hydrogen) atoms. The molecule has 0 rings (SSSR count). The summed E-state index contributed by atoms with van der Waals surface area (Å²) >= 11 is 11.2. The predicted octanol–water partition coefficient (Wildman–Crippen LogP) is 2.43. The SMILES string of the molecule is CC[SiH](OC(C)Cl)OC(C)Cl. The van der Waals surface area contributed by atoms with Crippen LogP contribution in [-0.4, -0.2) is 20.4 Å². The molecule has 0 saturated carbocycles. The van der Waals surface area contributed by atoms with Crippen LogP contribution >= 0.6 is 23.2 Å². The lowest BCUT2D eigenvalue weighted by atomic mass is 10.9. The number of hydrogen-bond acceptors (Lipinski definition) is 2. The van der Waals surface area contributed by atoms with E-state index in [4.69, 9.17) is 32.1 Å². The molecule has 2 atom stereocenters. The van der Waals surface area contributed by atoms with Crippen LogP contribution in [0.25, 0.3) is 0 Å². The molecule has 0 bridgehead atoms. The molecular formula is C6H14Cl2O2Si. The fourth-order valence-corrected chi connectivity index (χ4v) is 2.62. The fraction of sp³-hybridized carbons (Fsp3) is 1.00. The molecule has 0 aromatic carbocycles. The molecule has 0 amide bonds. The predicted molar refractivity (Wildman–Crippen MR) is 50.4 cm³/mol. The summed E-state index contributed by atoms with van der Waals surface area (Å²) in [4.78, 5) is 0. The zero-order valence-electron chi connectivity index (χ0n) is 7.01. The third-order valence-electron chi connectivity index (χ3n) is 1.01. The average Bonchev–Trinajstić information content (AvgIpc) is 1.84. The van der Waals surface area contributed by atoms with Crippen molar-refractivity contribution in [2.45, 2.75) is 37.9 Å². The Morgan fingerprint density at radius 1 is 1.18 bits per heavy atom. The van der Waals surface area contributed by atoms with E-state index in [0.29, 0.717) is 0 Å². The molecule has 0 aliphatic heterocycles. The minimum atomic E-state index is -1.59. The first kappa shape index (κ1) is 11.7. The molecule has 0 spiro atoms. The van der Waals surface area contributed by atoms with Gasteiger partial charge in [-0.05, 0) is 19.9 Å². The van der Waals surface area contributed by atoms with Gasteiger partial charge in [0.15, 0.2) is 0 Å². The van der Waals surface area contributed by atoms with Crippen molar-refractivity contribution in [3.05, 3.63) is 0 Å². The highest BCUT2D eigenvalue weighted by Gasteiger charge is 2.15. The van der Waals surface area contributed by atoms with Gasteiger partial charge in [0.2, 0.25) is 0 Å². The second-order valence-corrected chi connectivity index (χ2v) is 5.65. The normalized spacial score (nSPS) is 19.4. The van der Waals surface area contributed by atoms with Crippen LogP contribution in [0.1, 0.15) is 20.8 Å². The lowest BCUT2D eigenvalue weighted by molar-refractivity contribution is 0.180. The average molecular weight is 217 g/mol. The molecule has 2 nitrogen and oxygen atoms in total. The molecular weight excluding hydrogens is 203 g/mol. The maximum Gasteiger partial charge on any atom is 0.323 e. The second kappa shape index (κ2) is 6.26. The Balaban J connectivity index is 3.58. The lowest BCUT2D eigenvalue weighted by Gasteiger charge is -2.17. The van der Waals surface area contributed by atoms with Crippen molar-refractivity contribution in [2.24, 2.45) is 0 Å². The summed E-state index contributed by atoms with van der Waals surface area (Å²) in [6, 6.07) is 0.883. The van der Waals surface area contributed by atoms with Gasteiger partial charge in [0.25, 0.3) is 0 Å². The quantitative estimate of drug-likeness (QED) is 0.520. The summed E-state index contributed by atoms with van der Waals surface area (Å²) in [6.07, 6.45) is 0. The van der Waals surface area contributed by atoms with Gasteiger partial charge in [-0.3, -0.25) is 0 Å². The highest BCUT2D eigenvalue weighted by molar-refractivity contribution is 6.46. The Kier molecular flexibility index (Phi) is 6.66. The topological polar surface area (TPSA) is 18.5 Å². The molecule has 0 radical (unpaired) electrons. The van der Waals surface area contributed by atoms with E-state index < -0.39 is 9.28 Å². The van der Waals surface area contributed by atoms with Gasteiger partial charge in [-0.25, -0.2) is 0 Å². The zero-order chi connectivity index (χ0) is 8.85. The molecule has 68 valence electrons. The Morgan fingerprint density at radius 3 is 1.73 bits per heavy atom. The van der Waals surface area contributed by atoms with Gasteiger partial charge in [-0.2, -0.15) is 0 Å². The minimum Gasteiger partial charge on any atom is -0.380 e. The van der Waals surface area contributed by atoms with Crippen molar-refractivity contribution < 1.29 is 8.85 Å². The number of halogens is 2. The van der Waals surface area contributed by atoms with Crippen LogP contribution in [-0.2, 0) is 8.85 Å². The van der Waals surface area contributed by atoms with Gasteiger partial charge in [-0.15, -0.1) is 0 Å². The Morgan fingerprint density at radius 2 is 1.55 bits per heavy atom. The molecule has 0 N–H and O–H groups in total. The van der Waals surface area contributed by atoms with Crippen LogP contribution in [0.3, 0.4) is 0 Å². The van der Waals surface area contributed by atoms with E-state index in [1.54, 1.807) is 13.8 Å². The van der Waals surface area contributed by atoms with Crippen LogP contribution in [0.2, 0.25) is 6.04 Å². The van der Waals surface area contributed by atoms with Crippen molar-refractivity contribution >= 4 is 32.5 Å². The minimum absolute atomic E-state index is 0.276. The molecule has 2 unspecified atom stereocenters. The van der Waals surface area contributed by atoms with Gasteiger partial charge in [-0.1, -0.05) is 30.1 Å². The van der Waals surface area contributed by atoms with Crippen molar-refractivity contribution in [3.63, 3.8) is 0 Å². The molecule has 0 aliphatic rings. The van der Waals surface area contributed by atoms with E-state index in [1.165, 1.54) is 0 Å². The summed E-state index contributed by atoms with van der Waals surface area (Å²) in [5.41, 5.74) is -0.552. The fourth-order valence-electron chi connectivity index (χ4n) is 0.643. The van der Waals surface area contributed by atoms with Gasteiger partial charge < -0.3 is 8.85 Å². The van der Waals surface area contributed by atoms with E-state index in [1.807, 2.05) is 6.92 Å². The van der Waals surface area contributed by atoms with E-state index in [0.717, 1.165) is 6.04 Å². The Bertz CT molecular complexity index is 90.6. The summed E-state index contributed by atoms with van der Waals surface area (Å²) in [5.74, 6) is 0. The standard InChI is InChI=1S/C6H14Cl2O2Si/c1-4-11(9-5(2)7)10-6(3)8/h5-6,11H,4H2,1-3H3. The van der Waals surface area contributed by atoms with Crippen LogP contribution in [0.5, 0.6) is 0 Å². The molecule has 5 heteroatoms. The van der Waals surface area contributed by atoms with Crippen LogP contribution in [0, 0.1) is 0 Å². The number of rotatable bonds is 5. The van der Waals surface area contributed by atoms with E-state index in [2.05, 4.69) is 0 Å². The van der Waals surface area contributed by atoms with Gasteiger partial charge in [0, 0.05) is 0 Å². The van der Waals surface area contributed by atoms with Crippen molar-refractivity contribution in [1.82, 2.24) is 0 Å². The van der Waals surface area contributed by atoms with Gasteiger partial charge in [0.05, 0.1) is 0 Å². The molecule has 0 heterocycles. The van der Waals surface area contributed by atoms with Crippen molar-refractivity contribution in [3.8, 4) is 0 Å². The second-order valence-electron chi connectivity index (χ2n) is 2.20. The van der Waals surface area contributed by atoms with E-state index >= 15 is 0 Å². The Labute approximate surface area is 79.6 Å². The molecule has 0 aliphatic carbocycles. The first-order chi connectivity index (χ1) is 5.06. The zero-order valence-corrected chi connectivity index (χ0v) is 9.68. The summed E-state index contributed by atoms with van der Waals surface area (Å²) in [6.45, 7) is 5.56. The van der Waals surface area contributed by atoms with E-state index in [9.17, 15) is 0 Å². The third kappa shape index (κ3) is 7.09. The van der Waals surface area contributed by atoms with Gasteiger partial charge in [0.1, 0.15) is 11.1 Å². The first-order valence-corrected chi connectivity index (χ1v) is 6.28. The van der Waals surface area contributed by atoms with E-state index in [-0.39, 0.29) is 11.1 Å². The monoisotopic (exact) mass is 216 g/mol. The van der Waals surface area contributed by atoms with Crippen molar-refractivity contribution in [1.29, 1.82) is 0 Å². The molecule has 0 saturated heterocycles. The number of hydrogen-bond donors (Lipinski definition) is 0. The van der Waals surface area contributed by atoms with Crippen molar-refractivity contribution in [2.75, 3.05) is 0 Å². The largest absolute Gasteiger partial charge is 0.380 e. The third-order valence-corrected chi connectivity index (χ3v) is 3.65. The maximum atomic E-state index is 5.62. The Hall–Kier alpha value is 0.717. The summed E-state index contributed by atoms with van der Waals surface area (Å²) < 4.78 is 10.6. The van der Waals surface area contributed by atoms with Crippen LogP contribution in [0.15, 0.2) is 0 Å². The maximum absolute atomic E-state index is 5.62. The molecule has 0 fully saturated rings. The van der Waals surface area contributed by atoms with Crippen LogP contribution in [0.4, 0.5) is 0 Å². The smallest absolute Gasteiger partial charge is 0.323 e.